The third-order valence-corrected chi connectivity index (χ3v) is 5.61. The summed E-state index contributed by atoms with van der Waals surface area (Å²) in [5, 5.41) is 19.2. The lowest BCUT2D eigenvalue weighted by molar-refractivity contribution is 0.411. The number of anilines is 2. The lowest BCUT2D eigenvalue weighted by Crippen LogP contribution is -2.26. The van der Waals surface area contributed by atoms with Gasteiger partial charge in [-0.2, -0.15) is 0 Å². The van der Waals surface area contributed by atoms with Gasteiger partial charge in [0.2, 0.25) is 0 Å². The zero-order valence-corrected chi connectivity index (χ0v) is 15.9. The number of aromatic amines is 1. The van der Waals surface area contributed by atoms with Crippen LogP contribution >= 0.6 is 0 Å². The van der Waals surface area contributed by atoms with Crippen molar-refractivity contribution in [3.05, 3.63) is 59.6 Å². The van der Waals surface area contributed by atoms with Gasteiger partial charge in [0.15, 0.2) is 0 Å². The minimum absolute atomic E-state index is 0.171. The average molecular weight is 373 g/mol. The summed E-state index contributed by atoms with van der Waals surface area (Å²) in [7, 11) is 0. The fraction of sp³-hybridized carbons (Fsp3) is 0.273. The molecule has 0 spiro atoms. The van der Waals surface area contributed by atoms with Gasteiger partial charge in [0, 0.05) is 24.5 Å². The van der Waals surface area contributed by atoms with Crippen molar-refractivity contribution in [1.82, 2.24) is 9.97 Å². The van der Waals surface area contributed by atoms with Gasteiger partial charge in [0.05, 0.1) is 23.2 Å². The summed E-state index contributed by atoms with van der Waals surface area (Å²) in [6.07, 6.45) is 2.49. The predicted molar refractivity (Wildman–Crippen MR) is 113 cm³/mol. The molecule has 142 valence electrons. The Hall–Kier alpha value is -3.28. The third-order valence-electron chi connectivity index (χ3n) is 5.61. The highest BCUT2D eigenvalue weighted by Gasteiger charge is 2.31. The molecule has 3 heterocycles. The maximum atomic E-state index is 10.6. The quantitative estimate of drug-likeness (QED) is 0.642. The normalized spacial score (nSPS) is 17.4. The molecular formula is C22H23N5O. The molecule has 0 aliphatic carbocycles. The van der Waals surface area contributed by atoms with Crippen molar-refractivity contribution in [2.75, 3.05) is 29.4 Å². The zero-order valence-electron chi connectivity index (χ0n) is 15.9. The van der Waals surface area contributed by atoms with Crippen LogP contribution in [-0.2, 0) is 0 Å². The first-order valence-electron chi connectivity index (χ1n) is 9.70. The number of aliphatic hydroxyl groups is 1. The van der Waals surface area contributed by atoms with Gasteiger partial charge in [-0.15, -0.1) is 0 Å². The molecule has 0 bridgehead atoms. The molecule has 3 aromatic rings. The number of nitrogens with zero attached hydrogens (tertiary/aromatic N) is 3. The molecule has 1 saturated heterocycles. The first-order chi connectivity index (χ1) is 13.6. The predicted octanol–water partition coefficient (Wildman–Crippen LogP) is 4.24. The Morgan fingerprint density at radius 2 is 1.75 bits per heavy atom. The van der Waals surface area contributed by atoms with E-state index in [1.54, 1.807) is 0 Å². The SMILES string of the molecule is Cc1ccc2nc(C3=C(O)CN(c4ccc(N5CCCC5)cc4)C3=N)[nH]c2c1. The van der Waals surface area contributed by atoms with Gasteiger partial charge in [-0.05, 0) is 61.7 Å². The minimum atomic E-state index is 0.171. The molecule has 2 aliphatic heterocycles. The molecule has 0 radical (unpaired) electrons. The second kappa shape index (κ2) is 6.41. The maximum absolute atomic E-state index is 10.6. The fourth-order valence-corrected chi connectivity index (χ4v) is 4.11. The molecule has 1 aromatic heterocycles. The second-order valence-corrected chi connectivity index (χ2v) is 7.57. The van der Waals surface area contributed by atoms with E-state index in [1.807, 2.05) is 42.2 Å². The van der Waals surface area contributed by atoms with Gasteiger partial charge in [0.25, 0.3) is 0 Å². The molecule has 2 aliphatic rings. The van der Waals surface area contributed by atoms with Crippen LogP contribution < -0.4 is 9.80 Å². The lowest BCUT2D eigenvalue weighted by Gasteiger charge is -2.21. The van der Waals surface area contributed by atoms with Crippen LogP contribution in [0.4, 0.5) is 11.4 Å². The molecule has 2 aromatic carbocycles. The standard InChI is InChI=1S/C22H23N5O/c1-14-4-9-17-18(12-14)25-22(24-17)20-19(28)13-27(21(20)23)16-7-5-15(6-8-16)26-10-2-3-11-26/h4-9,12,23,28H,2-3,10-11,13H2,1H3,(H,24,25). The van der Waals surface area contributed by atoms with Crippen molar-refractivity contribution in [3.8, 4) is 0 Å². The monoisotopic (exact) mass is 373 g/mol. The number of aromatic nitrogens is 2. The summed E-state index contributed by atoms with van der Waals surface area (Å²) < 4.78 is 0. The Bertz CT molecular complexity index is 1090. The van der Waals surface area contributed by atoms with Crippen molar-refractivity contribution in [1.29, 1.82) is 5.41 Å². The smallest absolute Gasteiger partial charge is 0.145 e. The number of H-pyrrole nitrogens is 1. The van der Waals surface area contributed by atoms with Crippen LogP contribution in [0.1, 0.15) is 24.2 Å². The van der Waals surface area contributed by atoms with E-state index in [9.17, 15) is 5.11 Å². The van der Waals surface area contributed by atoms with Crippen LogP contribution in [0.3, 0.4) is 0 Å². The number of benzene rings is 2. The first kappa shape index (κ1) is 16.9. The van der Waals surface area contributed by atoms with Crippen LogP contribution in [0, 0.1) is 12.3 Å². The van der Waals surface area contributed by atoms with Crippen LogP contribution in [0.25, 0.3) is 16.6 Å². The lowest BCUT2D eigenvalue weighted by atomic mass is 10.2. The van der Waals surface area contributed by atoms with E-state index in [4.69, 9.17) is 5.41 Å². The number of amidine groups is 1. The second-order valence-electron chi connectivity index (χ2n) is 7.57. The molecule has 0 amide bonds. The topological polar surface area (TPSA) is 79.2 Å². The van der Waals surface area contributed by atoms with Crippen LogP contribution in [-0.4, -0.2) is 40.5 Å². The van der Waals surface area contributed by atoms with E-state index < -0.39 is 0 Å². The Balaban J connectivity index is 1.42. The highest BCUT2D eigenvalue weighted by atomic mass is 16.3. The Morgan fingerprint density at radius 1 is 1.04 bits per heavy atom. The fourth-order valence-electron chi connectivity index (χ4n) is 4.11. The molecular weight excluding hydrogens is 350 g/mol. The molecule has 6 heteroatoms. The highest BCUT2D eigenvalue weighted by molar-refractivity contribution is 6.30. The van der Waals surface area contributed by atoms with Gasteiger partial charge in [-0.3, -0.25) is 5.41 Å². The number of aryl methyl sites for hydroxylation is 1. The summed E-state index contributed by atoms with van der Waals surface area (Å²) >= 11 is 0. The van der Waals surface area contributed by atoms with E-state index in [0.717, 1.165) is 35.4 Å². The molecule has 28 heavy (non-hydrogen) atoms. The van der Waals surface area contributed by atoms with Crippen LogP contribution in [0.5, 0.6) is 0 Å². The number of aliphatic hydroxyl groups excluding tert-OH is 1. The van der Waals surface area contributed by atoms with Crippen LogP contribution in [0.15, 0.2) is 48.2 Å². The van der Waals surface area contributed by atoms with Crippen molar-refractivity contribution < 1.29 is 5.11 Å². The van der Waals surface area contributed by atoms with Gasteiger partial charge in [-0.25, -0.2) is 4.98 Å². The Morgan fingerprint density at radius 3 is 2.50 bits per heavy atom. The molecule has 0 unspecified atom stereocenters. The number of fused-ring (bicyclic) bond motifs is 1. The third kappa shape index (κ3) is 2.72. The summed E-state index contributed by atoms with van der Waals surface area (Å²) in [5.41, 5.74) is 5.48. The minimum Gasteiger partial charge on any atom is -0.509 e. The molecule has 3 N–H and O–H groups in total. The summed E-state index contributed by atoms with van der Waals surface area (Å²) in [4.78, 5) is 12.0. The van der Waals surface area contributed by atoms with Crippen molar-refractivity contribution in [2.45, 2.75) is 19.8 Å². The van der Waals surface area contributed by atoms with Gasteiger partial charge in [-0.1, -0.05) is 6.07 Å². The Kier molecular flexibility index (Phi) is 3.86. The first-order valence-corrected chi connectivity index (χ1v) is 9.70. The van der Waals surface area contributed by atoms with Crippen molar-refractivity contribution >= 4 is 33.8 Å². The van der Waals surface area contributed by atoms with E-state index in [2.05, 4.69) is 27.0 Å². The zero-order chi connectivity index (χ0) is 19.3. The molecule has 0 saturated carbocycles. The van der Waals surface area contributed by atoms with E-state index in [0.29, 0.717) is 11.4 Å². The molecule has 0 atom stereocenters. The molecule has 5 rings (SSSR count). The summed E-state index contributed by atoms with van der Waals surface area (Å²) in [6.45, 7) is 4.53. The van der Waals surface area contributed by atoms with E-state index >= 15 is 0 Å². The largest absolute Gasteiger partial charge is 0.509 e. The molecule has 1 fully saturated rings. The van der Waals surface area contributed by atoms with Gasteiger partial charge in [0.1, 0.15) is 17.4 Å². The Labute approximate surface area is 163 Å². The van der Waals surface area contributed by atoms with Crippen LogP contribution in [0.2, 0.25) is 0 Å². The summed E-state index contributed by atoms with van der Waals surface area (Å²) in [6, 6.07) is 14.3. The number of rotatable bonds is 3. The number of imidazole rings is 1. The highest BCUT2D eigenvalue weighted by Crippen LogP contribution is 2.32. The van der Waals surface area contributed by atoms with Gasteiger partial charge < -0.3 is 19.9 Å². The van der Waals surface area contributed by atoms with Crippen molar-refractivity contribution in [2.24, 2.45) is 0 Å². The number of nitrogens with one attached hydrogen (secondary N) is 2. The maximum Gasteiger partial charge on any atom is 0.145 e. The van der Waals surface area contributed by atoms with E-state index in [1.165, 1.54) is 18.5 Å². The molecule has 6 nitrogen and oxygen atoms in total. The van der Waals surface area contributed by atoms with Gasteiger partial charge >= 0.3 is 0 Å². The van der Waals surface area contributed by atoms with E-state index in [-0.39, 0.29) is 18.1 Å². The average Bonchev–Trinajstić information content (AvgIpc) is 3.41. The van der Waals surface area contributed by atoms with Crippen molar-refractivity contribution in [3.63, 3.8) is 0 Å². The number of hydrogen-bond acceptors (Lipinski definition) is 4. The number of hydrogen-bond donors (Lipinski definition) is 3. The summed E-state index contributed by atoms with van der Waals surface area (Å²) in [5.74, 6) is 0.978.